The number of nitrogens with one attached hydrogen (secondary N) is 1. The lowest BCUT2D eigenvalue weighted by Gasteiger charge is -2.08. The van der Waals surface area contributed by atoms with Crippen molar-refractivity contribution in [2.75, 3.05) is 18.5 Å². The summed E-state index contributed by atoms with van der Waals surface area (Å²) in [6.45, 7) is 5.25. The lowest BCUT2D eigenvalue weighted by Crippen LogP contribution is -2.09. The van der Waals surface area contributed by atoms with Crippen LogP contribution in [0.3, 0.4) is 0 Å². The molecule has 0 spiro atoms. The Morgan fingerprint density at radius 1 is 1.26 bits per heavy atom. The van der Waals surface area contributed by atoms with Gasteiger partial charge in [-0.15, -0.1) is 5.10 Å². The number of aryl methyl sites for hydroxylation is 1. The van der Waals surface area contributed by atoms with Gasteiger partial charge >= 0.3 is 6.01 Å². The van der Waals surface area contributed by atoms with Crippen LogP contribution in [0.2, 0.25) is 0 Å². The van der Waals surface area contributed by atoms with Gasteiger partial charge in [-0.1, -0.05) is 12.1 Å². The number of hydrogen-bond acceptors (Lipinski definition) is 7. The van der Waals surface area contributed by atoms with E-state index in [0.29, 0.717) is 30.1 Å². The summed E-state index contributed by atoms with van der Waals surface area (Å²) in [7, 11) is 1.78. The molecule has 8 nitrogen and oxygen atoms in total. The molecule has 1 N–H and O–H groups in total. The van der Waals surface area contributed by atoms with E-state index < -0.39 is 0 Å². The molecule has 0 fully saturated rings. The fraction of sp³-hybridized carbons (Fsp3) is 0.545. The van der Waals surface area contributed by atoms with E-state index in [-0.39, 0.29) is 0 Å². The van der Waals surface area contributed by atoms with Gasteiger partial charge in [-0.3, -0.25) is 0 Å². The average molecular weight is 263 g/mol. The standard InChI is InChI=1S/C11H17N7O/c1-4-6-12-10-14-9(8-7-13-17-18(8)3)15-11(16-10)19-5-2/h7H,4-6H2,1-3H3,(H,12,14,15,16). The zero-order valence-electron chi connectivity index (χ0n) is 11.3. The van der Waals surface area contributed by atoms with Crippen molar-refractivity contribution in [3.05, 3.63) is 6.20 Å². The minimum Gasteiger partial charge on any atom is -0.464 e. The van der Waals surface area contributed by atoms with E-state index in [2.05, 4.69) is 37.5 Å². The van der Waals surface area contributed by atoms with Crippen LogP contribution in [0, 0.1) is 0 Å². The van der Waals surface area contributed by atoms with Crippen LogP contribution in [-0.2, 0) is 7.05 Å². The Bertz CT molecular complexity index is 540. The summed E-state index contributed by atoms with van der Waals surface area (Å²) in [4.78, 5) is 12.8. The molecule has 0 atom stereocenters. The van der Waals surface area contributed by atoms with E-state index in [9.17, 15) is 0 Å². The molecular weight excluding hydrogens is 246 g/mol. The van der Waals surface area contributed by atoms with Crippen LogP contribution in [0.1, 0.15) is 20.3 Å². The molecule has 0 bridgehead atoms. The van der Waals surface area contributed by atoms with Gasteiger partial charge < -0.3 is 10.1 Å². The normalized spacial score (nSPS) is 10.5. The van der Waals surface area contributed by atoms with Gasteiger partial charge in [0.05, 0.1) is 12.8 Å². The van der Waals surface area contributed by atoms with E-state index >= 15 is 0 Å². The fourth-order valence-corrected chi connectivity index (χ4v) is 1.47. The smallest absolute Gasteiger partial charge is 0.321 e. The van der Waals surface area contributed by atoms with Gasteiger partial charge in [0.25, 0.3) is 0 Å². The van der Waals surface area contributed by atoms with Crippen LogP contribution in [0.15, 0.2) is 6.20 Å². The van der Waals surface area contributed by atoms with Crippen molar-refractivity contribution >= 4 is 5.95 Å². The summed E-state index contributed by atoms with van der Waals surface area (Å²) in [6, 6.07) is 0.298. The number of rotatable bonds is 6. The molecule has 19 heavy (non-hydrogen) atoms. The van der Waals surface area contributed by atoms with Crippen LogP contribution in [0.4, 0.5) is 5.95 Å². The maximum Gasteiger partial charge on any atom is 0.321 e. The number of hydrogen-bond donors (Lipinski definition) is 1. The van der Waals surface area contributed by atoms with Crippen LogP contribution in [0.25, 0.3) is 11.5 Å². The van der Waals surface area contributed by atoms with E-state index in [4.69, 9.17) is 4.74 Å². The summed E-state index contributed by atoms with van der Waals surface area (Å²) in [6.07, 6.45) is 2.59. The summed E-state index contributed by atoms with van der Waals surface area (Å²) in [5.74, 6) is 0.987. The zero-order chi connectivity index (χ0) is 13.7. The highest BCUT2D eigenvalue weighted by molar-refractivity contribution is 5.50. The third-order valence-corrected chi connectivity index (χ3v) is 2.37. The molecule has 2 heterocycles. The molecule has 0 saturated heterocycles. The third-order valence-electron chi connectivity index (χ3n) is 2.37. The van der Waals surface area contributed by atoms with Gasteiger partial charge in [-0.25, -0.2) is 4.68 Å². The molecule has 0 aromatic carbocycles. The zero-order valence-corrected chi connectivity index (χ0v) is 11.3. The number of aromatic nitrogens is 6. The summed E-state index contributed by atoms with van der Waals surface area (Å²) >= 11 is 0. The Morgan fingerprint density at radius 2 is 2.11 bits per heavy atom. The first-order chi connectivity index (χ1) is 9.24. The highest BCUT2D eigenvalue weighted by atomic mass is 16.5. The van der Waals surface area contributed by atoms with E-state index in [0.717, 1.165) is 13.0 Å². The predicted octanol–water partition coefficient (Wildman–Crippen LogP) is 0.888. The number of anilines is 1. The van der Waals surface area contributed by atoms with E-state index in [1.165, 1.54) is 0 Å². The quantitative estimate of drug-likeness (QED) is 0.827. The van der Waals surface area contributed by atoms with Crippen molar-refractivity contribution in [3.8, 4) is 17.5 Å². The Morgan fingerprint density at radius 3 is 2.74 bits per heavy atom. The van der Waals surface area contributed by atoms with Crippen molar-refractivity contribution < 1.29 is 4.74 Å². The monoisotopic (exact) mass is 263 g/mol. The summed E-state index contributed by atoms with van der Waals surface area (Å²) in [5, 5.41) is 10.8. The molecule has 0 aliphatic heterocycles. The molecular formula is C11H17N7O. The Kier molecular flexibility index (Phi) is 4.22. The van der Waals surface area contributed by atoms with Gasteiger partial charge in [0, 0.05) is 13.6 Å². The van der Waals surface area contributed by atoms with Crippen LogP contribution in [-0.4, -0.2) is 43.1 Å². The maximum absolute atomic E-state index is 5.35. The minimum atomic E-state index is 0.298. The molecule has 0 saturated carbocycles. The lowest BCUT2D eigenvalue weighted by molar-refractivity contribution is 0.312. The highest BCUT2D eigenvalue weighted by Gasteiger charge is 2.12. The molecule has 0 aliphatic carbocycles. The molecule has 102 valence electrons. The molecule has 0 unspecified atom stereocenters. The second kappa shape index (κ2) is 6.07. The number of ether oxygens (including phenoxy) is 1. The average Bonchev–Trinajstić information content (AvgIpc) is 2.83. The van der Waals surface area contributed by atoms with Crippen molar-refractivity contribution in [2.45, 2.75) is 20.3 Å². The Hall–Kier alpha value is -2.25. The SMILES string of the molecule is CCCNc1nc(OCC)nc(-c2cnnn2C)n1. The van der Waals surface area contributed by atoms with E-state index in [1.807, 2.05) is 6.92 Å². The molecule has 2 rings (SSSR count). The Labute approximate surface area is 111 Å². The highest BCUT2D eigenvalue weighted by Crippen LogP contribution is 2.17. The van der Waals surface area contributed by atoms with Crippen molar-refractivity contribution in [1.29, 1.82) is 0 Å². The molecule has 0 radical (unpaired) electrons. The minimum absolute atomic E-state index is 0.298. The first-order valence-electron chi connectivity index (χ1n) is 6.22. The van der Waals surface area contributed by atoms with Gasteiger partial charge in [-0.05, 0) is 13.3 Å². The molecule has 8 heteroatoms. The summed E-state index contributed by atoms with van der Waals surface area (Å²) in [5.41, 5.74) is 0.711. The largest absolute Gasteiger partial charge is 0.464 e. The second-order valence-corrected chi connectivity index (χ2v) is 3.87. The maximum atomic E-state index is 5.35. The summed E-state index contributed by atoms with van der Waals surface area (Å²) < 4.78 is 6.96. The van der Waals surface area contributed by atoms with Crippen molar-refractivity contribution in [2.24, 2.45) is 7.05 Å². The second-order valence-electron chi connectivity index (χ2n) is 3.87. The lowest BCUT2D eigenvalue weighted by atomic mass is 10.4. The first kappa shape index (κ1) is 13.2. The van der Waals surface area contributed by atoms with Crippen molar-refractivity contribution in [1.82, 2.24) is 29.9 Å². The first-order valence-corrected chi connectivity index (χ1v) is 6.22. The van der Waals surface area contributed by atoms with Crippen LogP contribution >= 0.6 is 0 Å². The molecule has 2 aromatic heterocycles. The fourth-order valence-electron chi connectivity index (χ4n) is 1.47. The Balaban J connectivity index is 2.36. The van der Waals surface area contributed by atoms with Gasteiger partial charge in [0.15, 0.2) is 5.82 Å². The van der Waals surface area contributed by atoms with E-state index in [1.54, 1.807) is 17.9 Å². The van der Waals surface area contributed by atoms with Crippen LogP contribution < -0.4 is 10.1 Å². The third kappa shape index (κ3) is 3.15. The van der Waals surface area contributed by atoms with Gasteiger partial charge in [0.2, 0.25) is 5.95 Å². The van der Waals surface area contributed by atoms with Gasteiger partial charge in [0.1, 0.15) is 5.69 Å². The molecule has 2 aromatic rings. The van der Waals surface area contributed by atoms with Gasteiger partial charge in [-0.2, -0.15) is 15.0 Å². The predicted molar refractivity (Wildman–Crippen MR) is 69.8 cm³/mol. The number of nitrogens with zero attached hydrogens (tertiary/aromatic N) is 6. The topological polar surface area (TPSA) is 90.6 Å². The molecule has 0 amide bonds. The van der Waals surface area contributed by atoms with Crippen molar-refractivity contribution in [3.63, 3.8) is 0 Å². The molecule has 0 aliphatic rings. The van der Waals surface area contributed by atoms with Crippen LogP contribution in [0.5, 0.6) is 6.01 Å².